The van der Waals surface area contributed by atoms with Gasteiger partial charge in [-0.3, -0.25) is 4.79 Å². The van der Waals surface area contributed by atoms with E-state index in [0.29, 0.717) is 17.7 Å². The van der Waals surface area contributed by atoms with Gasteiger partial charge in [0.25, 0.3) is 0 Å². The number of hydrogen-bond acceptors (Lipinski definition) is 2. The van der Waals surface area contributed by atoms with Gasteiger partial charge in [-0.05, 0) is 18.8 Å². The van der Waals surface area contributed by atoms with Crippen molar-refractivity contribution in [3.63, 3.8) is 0 Å². The summed E-state index contributed by atoms with van der Waals surface area (Å²) in [5.74, 6) is 1.19. The molecule has 0 saturated heterocycles. The van der Waals surface area contributed by atoms with Crippen molar-refractivity contribution in [3.8, 4) is 0 Å². The normalized spacial score (nSPS) is 30.2. The molecule has 2 nitrogen and oxygen atoms in total. The fourth-order valence-corrected chi connectivity index (χ4v) is 1.47. The lowest BCUT2D eigenvalue weighted by atomic mass is 9.77. The zero-order chi connectivity index (χ0) is 8.43. The summed E-state index contributed by atoms with van der Waals surface area (Å²) in [7, 11) is 0. The Hall–Kier alpha value is -0.370. The van der Waals surface area contributed by atoms with Gasteiger partial charge >= 0.3 is 0 Å². The molecular formula is C9H17NO. The van der Waals surface area contributed by atoms with E-state index in [1.54, 1.807) is 0 Å². The molecule has 0 spiro atoms. The van der Waals surface area contributed by atoms with Crippen LogP contribution < -0.4 is 5.73 Å². The van der Waals surface area contributed by atoms with Crippen LogP contribution in [0, 0.1) is 11.8 Å². The first-order chi connectivity index (χ1) is 5.09. The fourth-order valence-electron chi connectivity index (χ4n) is 1.47. The predicted molar refractivity (Wildman–Crippen MR) is 45.2 cm³/mol. The van der Waals surface area contributed by atoms with Crippen molar-refractivity contribution in [2.45, 2.75) is 39.2 Å². The molecule has 64 valence electrons. The van der Waals surface area contributed by atoms with Crippen LogP contribution in [-0.2, 0) is 4.79 Å². The average molecular weight is 155 g/mol. The van der Waals surface area contributed by atoms with Gasteiger partial charge in [0.2, 0.25) is 0 Å². The number of ketones is 1. The molecule has 0 radical (unpaired) electrons. The van der Waals surface area contributed by atoms with Crippen LogP contribution in [0.2, 0.25) is 0 Å². The molecule has 1 aliphatic carbocycles. The van der Waals surface area contributed by atoms with E-state index in [-0.39, 0.29) is 5.92 Å². The molecular weight excluding hydrogens is 138 g/mol. The van der Waals surface area contributed by atoms with Crippen LogP contribution in [0.1, 0.15) is 33.1 Å². The van der Waals surface area contributed by atoms with Gasteiger partial charge in [-0.2, -0.15) is 0 Å². The maximum Gasteiger partial charge on any atom is 0.135 e. The van der Waals surface area contributed by atoms with Crippen molar-refractivity contribution in [1.29, 1.82) is 0 Å². The minimum Gasteiger partial charge on any atom is -0.328 e. The summed E-state index contributed by atoms with van der Waals surface area (Å²) in [5.41, 5.74) is 5.61. The zero-order valence-electron chi connectivity index (χ0n) is 7.34. The molecule has 1 fully saturated rings. The molecule has 1 aliphatic rings. The topological polar surface area (TPSA) is 43.1 Å². The van der Waals surface area contributed by atoms with Crippen molar-refractivity contribution in [3.05, 3.63) is 0 Å². The summed E-state index contributed by atoms with van der Waals surface area (Å²) >= 11 is 0. The van der Waals surface area contributed by atoms with Gasteiger partial charge in [-0.1, -0.05) is 13.8 Å². The summed E-state index contributed by atoms with van der Waals surface area (Å²) in [5, 5.41) is 0. The Labute approximate surface area is 68.2 Å². The van der Waals surface area contributed by atoms with Crippen LogP contribution in [0.5, 0.6) is 0 Å². The van der Waals surface area contributed by atoms with Crippen LogP contribution in [0.4, 0.5) is 0 Å². The second-order valence-corrected chi connectivity index (χ2v) is 3.92. The van der Waals surface area contributed by atoms with Crippen LogP contribution >= 0.6 is 0 Å². The average Bonchev–Trinajstić information content (AvgIpc) is 1.84. The van der Waals surface area contributed by atoms with E-state index in [0.717, 1.165) is 19.3 Å². The lowest BCUT2D eigenvalue weighted by molar-refractivity contribution is -0.123. The second kappa shape index (κ2) is 3.35. The molecule has 2 N–H and O–H groups in total. The zero-order valence-corrected chi connectivity index (χ0v) is 7.34. The van der Waals surface area contributed by atoms with Crippen molar-refractivity contribution >= 4 is 5.78 Å². The Bertz CT molecular complexity index is 148. The van der Waals surface area contributed by atoms with Gasteiger partial charge in [0.1, 0.15) is 5.78 Å². The quantitative estimate of drug-likeness (QED) is 0.668. The van der Waals surface area contributed by atoms with Gasteiger partial charge in [0, 0.05) is 18.4 Å². The van der Waals surface area contributed by atoms with E-state index in [4.69, 9.17) is 5.73 Å². The van der Waals surface area contributed by atoms with Crippen LogP contribution in [-0.4, -0.2) is 11.8 Å². The Balaban J connectivity index is 2.17. The van der Waals surface area contributed by atoms with Gasteiger partial charge in [-0.25, -0.2) is 0 Å². The van der Waals surface area contributed by atoms with Crippen molar-refractivity contribution < 1.29 is 4.79 Å². The molecule has 2 heteroatoms. The van der Waals surface area contributed by atoms with E-state index in [2.05, 4.69) is 0 Å². The number of Topliss-reactive ketones (excluding diaryl/α,β-unsaturated/α-hetero) is 1. The first kappa shape index (κ1) is 8.72. The SMILES string of the molecule is CC(C)C(=O)CC1CC(N)C1. The number of hydrogen-bond donors (Lipinski definition) is 1. The first-order valence-corrected chi connectivity index (χ1v) is 4.38. The van der Waals surface area contributed by atoms with Crippen LogP contribution in [0.3, 0.4) is 0 Å². The van der Waals surface area contributed by atoms with E-state index < -0.39 is 0 Å². The molecule has 1 saturated carbocycles. The molecule has 0 aromatic heterocycles. The standard InChI is InChI=1S/C9H17NO/c1-6(2)9(11)5-7-3-8(10)4-7/h6-8H,3-5,10H2,1-2H3. The van der Waals surface area contributed by atoms with E-state index >= 15 is 0 Å². The van der Waals surface area contributed by atoms with E-state index in [1.807, 2.05) is 13.8 Å². The maximum absolute atomic E-state index is 11.2. The highest BCUT2D eigenvalue weighted by Crippen LogP contribution is 2.29. The van der Waals surface area contributed by atoms with Gasteiger partial charge < -0.3 is 5.73 Å². The Morgan fingerprint density at radius 3 is 2.45 bits per heavy atom. The Morgan fingerprint density at radius 1 is 1.55 bits per heavy atom. The maximum atomic E-state index is 11.2. The summed E-state index contributed by atoms with van der Waals surface area (Å²) < 4.78 is 0. The molecule has 0 bridgehead atoms. The Morgan fingerprint density at radius 2 is 2.09 bits per heavy atom. The lowest BCUT2D eigenvalue weighted by Gasteiger charge is -2.32. The largest absolute Gasteiger partial charge is 0.328 e. The second-order valence-electron chi connectivity index (χ2n) is 3.92. The fraction of sp³-hybridized carbons (Fsp3) is 0.889. The number of carbonyl (C=O) groups is 1. The summed E-state index contributed by atoms with van der Waals surface area (Å²) in [4.78, 5) is 11.2. The molecule has 0 aromatic rings. The molecule has 0 unspecified atom stereocenters. The van der Waals surface area contributed by atoms with Crippen molar-refractivity contribution in [1.82, 2.24) is 0 Å². The highest BCUT2D eigenvalue weighted by atomic mass is 16.1. The number of nitrogens with two attached hydrogens (primary N) is 1. The highest BCUT2D eigenvalue weighted by Gasteiger charge is 2.28. The van der Waals surface area contributed by atoms with E-state index in [1.165, 1.54) is 0 Å². The highest BCUT2D eigenvalue weighted by molar-refractivity contribution is 5.80. The molecule has 1 rings (SSSR count). The third-order valence-corrected chi connectivity index (χ3v) is 2.41. The predicted octanol–water partition coefficient (Wildman–Crippen LogP) is 1.34. The van der Waals surface area contributed by atoms with Gasteiger partial charge in [-0.15, -0.1) is 0 Å². The molecule has 0 aromatic carbocycles. The molecule has 0 aliphatic heterocycles. The molecule has 11 heavy (non-hydrogen) atoms. The monoisotopic (exact) mass is 155 g/mol. The molecule has 0 amide bonds. The Kier molecular flexibility index (Phi) is 2.66. The van der Waals surface area contributed by atoms with Crippen molar-refractivity contribution in [2.75, 3.05) is 0 Å². The minimum absolute atomic E-state index is 0.201. The third kappa shape index (κ3) is 2.29. The number of rotatable bonds is 3. The summed E-state index contributed by atoms with van der Waals surface area (Å²) in [6, 6.07) is 0.375. The minimum atomic E-state index is 0.201. The summed E-state index contributed by atoms with van der Waals surface area (Å²) in [6.45, 7) is 3.92. The number of carbonyl (C=O) groups excluding carboxylic acids is 1. The van der Waals surface area contributed by atoms with Crippen molar-refractivity contribution in [2.24, 2.45) is 17.6 Å². The molecule has 0 heterocycles. The summed E-state index contributed by atoms with van der Waals surface area (Å²) in [6.07, 6.45) is 2.86. The third-order valence-electron chi connectivity index (χ3n) is 2.41. The smallest absolute Gasteiger partial charge is 0.135 e. The lowest BCUT2D eigenvalue weighted by Crippen LogP contribution is -2.37. The van der Waals surface area contributed by atoms with Crippen LogP contribution in [0.15, 0.2) is 0 Å². The molecule has 0 atom stereocenters. The van der Waals surface area contributed by atoms with Crippen LogP contribution in [0.25, 0.3) is 0 Å². The first-order valence-electron chi connectivity index (χ1n) is 4.38. The van der Waals surface area contributed by atoms with E-state index in [9.17, 15) is 4.79 Å². The van der Waals surface area contributed by atoms with Gasteiger partial charge in [0.15, 0.2) is 0 Å². The van der Waals surface area contributed by atoms with Gasteiger partial charge in [0.05, 0.1) is 0 Å².